The molecule has 0 radical (unpaired) electrons. The van der Waals surface area contributed by atoms with Gasteiger partial charge in [-0.3, -0.25) is 4.79 Å². The van der Waals surface area contributed by atoms with E-state index in [2.05, 4.69) is 26.0 Å². The molecule has 0 saturated heterocycles. The van der Waals surface area contributed by atoms with Crippen molar-refractivity contribution < 1.29 is 14.3 Å². The normalized spacial score (nSPS) is 10.8. The minimum absolute atomic E-state index is 0.312. The van der Waals surface area contributed by atoms with Gasteiger partial charge in [-0.2, -0.15) is 0 Å². The van der Waals surface area contributed by atoms with E-state index in [0.29, 0.717) is 5.56 Å². The molecule has 0 aliphatic carbocycles. The first-order valence-corrected chi connectivity index (χ1v) is 5.82. The topological polar surface area (TPSA) is 55.4 Å². The van der Waals surface area contributed by atoms with Crippen molar-refractivity contribution in [3.63, 3.8) is 0 Å². The molecule has 0 aliphatic rings. The summed E-state index contributed by atoms with van der Waals surface area (Å²) < 4.78 is 5.50. The molecule has 92 valence electrons. The summed E-state index contributed by atoms with van der Waals surface area (Å²) in [5.74, 6) is -0.795. The van der Waals surface area contributed by atoms with E-state index in [4.69, 9.17) is 0 Å². The molecule has 1 rings (SSSR count). The van der Waals surface area contributed by atoms with Gasteiger partial charge in [0.1, 0.15) is 5.54 Å². The Hall–Kier alpha value is -1.36. The first-order valence-electron chi connectivity index (χ1n) is 5.03. The molecule has 5 heteroatoms. The number of rotatable bonds is 3. The first-order chi connectivity index (χ1) is 7.86. The number of nitrogens with one attached hydrogen (secondary N) is 1. The summed E-state index contributed by atoms with van der Waals surface area (Å²) in [6.07, 6.45) is 0. The SMILES string of the molecule is COC(=O)C(C)(C)NC(=O)c1ccc(Br)cc1. The van der Waals surface area contributed by atoms with Crippen molar-refractivity contribution in [3.8, 4) is 0 Å². The molecule has 0 atom stereocenters. The van der Waals surface area contributed by atoms with Crippen LogP contribution in [0, 0.1) is 0 Å². The number of halogens is 1. The molecule has 0 spiro atoms. The number of hydrogen-bond donors (Lipinski definition) is 1. The van der Waals surface area contributed by atoms with Gasteiger partial charge in [0.25, 0.3) is 5.91 Å². The Morgan fingerprint density at radius 2 is 1.76 bits per heavy atom. The predicted octanol–water partition coefficient (Wildman–Crippen LogP) is 2.13. The highest BCUT2D eigenvalue weighted by Crippen LogP contribution is 2.12. The van der Waals surface area contributed by atoms with Crippen molar-refractivity contribution in [2.45, 2.75) is 19.4 Å². The third-order valence-corrected chi connectivity index (χ3v) is 2.76. The monoisotopic (exact) mass is 299 g/mol. The van der Waals surface area contributed by atoms with Gasteiger partial charge < -0.3 is 10.1 Å². The molecule has 1 aromatic rings. The Labute approximate surface area is 108 Å². The molecule has 17 heavy (non-hydrogen) atoms. The summed E-state index contributed by atoms with van der Waals surface area (Å²) >= 11 is 3.28. The highest BCUT2D eigenvalue weighted by Gasteiger charge is 2.30. The van der Waals surface area contributed by atoms with Crippen molar-refractivity contribution in [2.24, 2.45) is 0 Å². The van der Waals surface area contributed by atoms with Gasteiger partial charge in [-0.15, -0.1) is 0 Å². The van der Waals surface area contributed by atoms with Crippen molar-refractivity contribution >= 4 is 27.8 Å². The molecule has 4 nitrogen and oxygen atoms in total. The summed E-state index contributed by atoms with van der Waals surface area (Å²) in [5, 5.41) is 2.61. The quantitative estimate of drug-likeness (QED) is 0.870. The van der Waals surface area contributed by atoms with Crippen LogP contribution >= 0.6 is 15.9 Å². The second kappa shape index (κ2) is 5.31. The van der Waals surface area contributed by atoms with E-state index < -0.39 is 11.5 Å². The second-order valence-corrected chi connectivity index (χ2v) is 4.99. The summed E-state index contributed by atoms with van der Waals surface area (Å²) in [6, 6.07) is 6.87. The summed E-state index contributed by atoms with van der Waals surface area (Å²) in [6.45, 7) is 3.19. The van der Waals surface area contributed by atoms with Crippen LogP contribution in [-0.4, -0.2) is 24.5 Å². The first kappa shape index (κ1) is 13.7. The number of carbonyl (C=O) groups is 2. The maximum Gasteiger partial charge on any atom is 0.330 e. The van der Waals surface area contributed by atoms with Gasteiger partial charge in [0.2, 0.25) is 0 Å². The second-order valence-electron chi connectivity index (χ2n) is 4.08. The lowest BCUT2D eigenvalue weighted by molar-refractivity contribution is -0.146. The van der Waals surface area contributed by atoms with E-state index in [-0.39, 0.29) is 5.91 Å². The summed E-state index contributed by atoms with van der Waals surface area (Å²) in [7, 11) is 1.29. The lowest BCUT2D eigenvalue weighted by atomic mass is 10.1. The molecule has 0 fully saturated rings. The van der Waals surface area contributed by atoms with Crippen molar-refractivity contribution in [1.82, 2.24) is 5.32 Å². The van der Waals surface area contributed by atoms with Crippen molar-refractivity contribution in [1.29, 1.82) is 0 Å². The third kappa shape index (κ3) is 3.56. The molecule has 1 amide bonds. The van der Waals surface area contributed by atoms with E-state index in [0.717, 1.165) is 4.47 Å². The summed E-state index contributed by atoms with van der Waals surface area (Å²) in [5.41, 5.74) is -0.552. The largest absolute Gasteiger partial charge is 0.467 e. The zero-order valence-corrected chi connectivity index (χ0v) is 11.5. The van der Waals surface area contributed by atoms with E-state index in [1.54, 1.807) is 38.1 Å². The Kier molecular flexibility index (Phi) is 4.28. The van der Waals surface area contributed by atoms with Crippen LogP contribution in [0.15, 0.2) is 28.7 Å². The number of carbonyl (C=O) groups excluding carboxylic acids is 2. The molecule has 0 bridgehead atoms. The Balaban J connectivity index is 2.79. The standard InChI is InChI=1S/C12H14BrNO3/c1-12(2,11(16)17-3)14-10(15)8-4-6-9(13)7-5-8/h4-7H,1-3H3,(H,14,15). The number of benzene rings is 1. The molecule has 0 heterocycles. The molecule has 1 aromatic carbocycles. The maximum atomic E-state index is 11.9. The number of ether oxygens (including phenoxy) is 1. The number of hydrogen-bond acceptors (Lipinski definition) is 3. The summed E-state index contributed by atoms with van der Waals surface area (Å²) in [4.78, 5) is 23.3. The minimum Gasteiger partial charge on any atom is -0.467 e. The fourth-order valence-electron chi connectivity index (χ4n) is 1.26. The van der Waals surface area contributed by atoms with Crippen LogP contribution < -0.4 is 5.32 Å². The lowest BCUT2D eigenvalue weighted by Gasteiger charge is -2.23. The smallest absolute Gasteiger partial charge is 0.330 e. The van der Waals surface area contributed by atoms with E-state index in [1.807, 2.05) is 0 Å². The molecular weight excluding hydrogens is 286 g/mol. The zero-order chi connectivity index (χ0) is 13.1. The van der Waals surface area contributed by atoms with E-state index in [9.17, 15) is 9.59 Å². The molecular formula is C12H14BrNO3. The number of esters is 1. The van der Waals surface area contributed by atoms with Crippen molar-refractivity contribution in [3.05, 3.63) is 34.3 Å². The fraction of sp³-hybridized carbons (Fsp3) is 0.333. The van der Waals surface area contributed by atoms with Gasteiger partial charge in [-0.05, 0) is 38.1 Å². The van der Waals surface area contributed by atoms with Crippen molar-refractivity contribution in [2.75, 3.05) is 7.11 Å². The van der Waals surface area contributed by atoms with E-state index in [1.165, 1.54) is 7.11 Å². The van der Waals surface area contributed by atoms with Gasteiger partial charge in [-0.1, -0.05) is 15.9 Å². The molecule has 1 N–H and O–H groups in total. The van der Waals surface area contributed by atoms with Crippen LogP contribution in [0.3, 0.4) is 0 Å². The minimum atomic E-state index is -1.04. The molecule has 0 aromatic heterocycles. The van der Waals surface area contributed by atoms with Crippen LogP contribution in [0.1, 0.15) is 24.2 Å². The molecule has 0 saturated carbocycles. The zero-order valence-electron chi connectivity index (χ0n) is 9.91. The van der Waals surface area contributed by atoms with Crippen LogP contribution in [0.2, 0.25) is 0 Å². The maximum absolute atomic E-state index is 11.9. The Morgan fingerprint density at radius 3 is 2.24 bits per heavy atom. The van der Waals surface area contributed by atoms with Gasteiger partial charge >= 0.3 is 5.97 Å². The molecule has 0 aliphatic heterocycles. The lowest BCUT2D eigenvalue weighted by Crippen LogP contribution is -2.50. The van der Waals surface area contributed by atoms with Crippen LogP contribution in [-0.2, 0) is 9.53 Å². The highest BCUT2D eigenvalue weighted by molar-refractivity contribution is 9.10. The third-order valence-electron chi connectivity index (χ3n) is 2.23. The fourth-order valence-corrected chi connectivity index (χ4v) is 1.53. The van der Waals surface area contributed by atoms with Gasteiger partial charge in [0.05, 0.1) is 7.11 Å². The highest BCUT2D eigenvalue weighted by atomic mass is 79.9. The number of amides is 1. The molecule has 0 unspecified atom stereocenters. The Bertz CT molecular complexity index is 426. The Morgan fingerprint density at radius 1 is 1.24 bits per heavy atom. The van der Waals surface area contributed by atoms with Gasteiger partial charge in [0.15, 0.2) is 0 Å². The average Bonchev–Trinajstić information content (AvgIpc) is 2.28. The van der Waals surface area contributed by atoms with Crippen LogP contribution in [0.25, 0.3) is 0 Å². The van der Waals surface area contributed by atoms with E-state index >= 15 is 0 Å². The van der Waals surface area contributed by atoms with Gasteiger partial charge in [0, 0.05) is 10.0 Å². The average molecular weight is 300 g/mol. The number of methoxy groups -OCH3 is 1. The van der Waals surface area contributed by atoms with Crippen LogP contribution in [0.5, 0.6) is 0 Å². The van der Waals surface area contributed by atoms with Crippen LogP contribution in [0.4, 0.5) is 0 Å². The predicted molar refractivity (Wildman–Crippen MR) is 67.7 cm³/mol. The van der Waals surface area contributed by atoms with Gasteiger partial charge in [-0.25, -0.2) is 4.79 Å².